The molecule has 7 heteroatoms. The van der Waals surface area contributed by atoms with Crippen LogP contribution in [0.1, 0.15) is 25.7 Å². The van der Waals surface area contributed by atoms with E-state index in [1.807, 2.05) is 13.1 Å². The second-order valence-corrected chi connectivity index (χ2v) is 44.9. The topological polar surface area (TPSA) is 0 Å². The molecule has 0 bridgehead atoms. The third kappa shape index (κ3) is 9.56. The van der Waals surface area contributed by atoms with Crippen LogP contribution in [0.2, 0.25) is 52.4 Å². The van der Waals surface area contributed by atoms with E-state index in [0.717, 1.165) is 0 Å². The first-order chi connectivity index (χ1) is 15.5. The predicted molar refractivity (Wildman–Crippen MR) is 165 cm³/mol. The summed E-state index contributed by atoms with van der Waals surface area (Å²) >= 11 is -1.80. The van der Waals surface area contributed by atoms with Gasteiger partial charge in [0.15, 0.2) is 0 Å². The van der Waals surface area contributed by atoms with Gasteiger partial charge in [-0.1, -0.05) is 0 Å². The van der Waals surface area contributed by atoms with Gasteiger partial charge in [-0.05, 0) is 0 Å². The van der Waals surface area contributed by atoms with Crippen molar-refractivity contribution in [3.8, 4) is 0 Å². The van der Waals surface area contributed by atoms with Gasteiger partial charge in [-0.25, -0.2) is 0 Å². The maximum absolute atomic E-state index is 2.55. The van der Waals surface area contributed by atoms with E-state index in [0.29, 0.717) is 0 Å². The van der Waals surface area contributed by atoms with E-state index in [1.165, 1.54) is 25.7 Å². The third-order valence-electron chi connectivity index (χ3n) is 6.59. The Morgan fingerprint density at radius 2 is 1.06 bits per heavy atom. The molecule has 4 aliphatic rings. The van der Waals surface area contributed by atoms with Gasteiger partial charge in [0.05, 0.1) is 0 Å². The Balaban J connectivity index is 0.000000344. The summed E-state index contributed by atoms with van der Waals surface area (Å²) < 4.78 is 7.47. The van der Waals surface area contributed by atoms with Gasteiger partial charge in [-0.15, -0.1) is 24.8 Å². The van der Waals surface area contributed by atoms with Gasteiger partial charge in [-0.3, -0.25) is 0 Å². The van der Waals surface area contributed by atoms with Crippen molar-refractivity contribution in [2.24, 2.45) is 0 Å². The van der Waals surface area contributed by atoms with E-state index in [2.05, 4.69) is 113 Å². The molecule has 0 spiro atoms. The Bertz CT molecular complexity index is 922. The van der Waals surface area contributed by atoms with Gasteiger partial charge in [0.25, 0.3) is 0 Å². The molecule has 0 aliphatic heterocycles. The van der Waals surface area contributed by atoms with Gasteiger partial charge in [-0.2, -0.15) is 0 Å². The monoisotopic (exact) mass is 715 g/mol. The van der Waals surface area contributed by atoms with Crippen molar-refractivity contribution in [1.82, 2.24) is 0 Å². The molecule has 4 rings (SSSR count). The average Bonchev–Trinajstić information content (AvgIpc) is 3.50. The minimum Gasteiger partial charge on any atom is -0.147 e. The maximum atomic E-state index is 2.55. The molecule has 0 aromatic rings. The molecule has 0 nitrogen and oxygen atoms in total. The standard InChI is InChI=1S/2C8H13Si.2C5H5.C2H7Si.2ClH.2Zr/c2*1-9(2,3)8-6-4-5-7-8;2*1-2-4-5-3-1;1-3-2;;;;/h2*4,6H,5H2,1-3H3;2*1-3H,4H2;3H,1-2H3;2*1H;;. The maximum Gasteiger partial charge on any atom is -0.147 e. The molecule has 0 atom stereocenters. The molecule has 191 valence electrons. The molecular formula is C28H45Cl2Si3Zr2. The smallest absolute Gasteiger partial charge is 0.147 e. The first-order valence-corrected chi connectivity index (χ1v) is 31.7. The van der Waals surface area contributed by atoms with Crippen LogP contribution >= 0.6 is 24.8 Å². The van der Waals surface area contributed by atoms with Crippen LogP contribution in [0.15, 0.2) is 84.3 Å². The van der Waals surface area contributed by atoms with E-state index >= 15 is 0 Å². The van der Waals surface area contributed by atoms with Crippen LogP contribution in [0, 0.1) is 0 Å². The number of allylic oxidation sites excluding steroid dienone is 16. The van der Waals surface area contributed by atoms with Gasteiger partial charge in [0.2, 0.25) is 0 Å². The summed E-state index contributed by atoms with van der Waals surface area (Å²) in [6.07, 6.45) is 28.9. The Hall–Kier alpha value is 0.917. The summed E-state index contributed by atoms with van der Waals surface area (Å²) in [5, 5.41) is 3.57. The SMILES string of the molecule is C[SiH](C)[Zr]([C]1=CC=CC1)[C]1=CC=CC1.C[Si](C)(C)C1=[C]([Zr][C]2=C([Si](C)(C)C)C=CC2)CC=C1.Cl.Cl. The van der Waals surface area contributed by atoms with Crippen LogP contribution in [-0.4, -0.2) is 22.1 Å². The van der Waals surface area contributed by atoms with E-state index in [1.54, 1.807) is 10.4 Å². The minimum atomic E-state index is -1.29. The summed E-state index contributed by atoms with van der Waals surface area (Å²) in [6.45, 7) is 20.1. The predicted octanol–water partition coefficient (Wildman–Crippen LogP) is 9.37. The second kappa shape index (κ2) is 14.9. The van der Waals surface area contributed by atoms with Gasteiger partial charge < -0.3 is 0 Å². The zero-order valence-corrected chi connectivity index (χ0v) is 32.7. The van der Waals surface area contributed by atoms with Crippen molar-refractivity contribution < 1.29 is 44.1 Å². The van der Waals surface area contributed by atoms with Gasteiger partial charge >= 0.3 is 229 Å². The number of halogens is 2. The fourth-order valence-electron chi connectivity index (χ4n) is 5.08. The van der Waals surface area contributed by atoms with Crippen molar-refractivity contribution in [2.45, 2.75) is 78.1 Å². The fourth-order valence-corrected chi connectivity index (χ4v) is 36.6. The zero-order valence-electron chi connectivity index (χ0n) is 23.0. The van der Waals surface area contributed by atoms with E-state index < -0.39 is 66.2 Å². The Kier molecular flexibility index (Phi) is 14.5. The second-order valence-electron chi connectivity index (χ2n) is 11.8. The van der Waals surface area contributed by atoms with Crippen LogP contribution in [0.3, 0.4) is 0 Å². The Morgan fingerprint density at radius 3 is 1.34 bits per heavy atom. The number of rotatable bonds is 7. The molecule has 0 fully saturated rings. The molecule has 0 amide bonds. The molecule has 0 saturated carbocycles. The normalized spacial score (nSPS) is 18.4. The van der Waals surface area contributed by atoms with Crippen LogP contribution < -0.4 is 0 Å². The molecular weight excluding hydrogens is 674 g/mol. The van der Waals surface area contributed by atoms with Gasteiger partial charge in [0.1, 0.15) is 0 Å². The Morgan fingerprint density at radius 1 is 0.657 bits per heavy atom. The minimum absolute atomic E-state index is 0. The summed E-state index contributed by atoms with van der Waals surface area (Å²) in [7, 11) is -2.25. The summed E-state index contributed by atoms with van der Waals surface area (Å²) in [5.74, 6) is -0.412. The van der Waals surface area contributed by atoms with Crippen molar-refractivity contribution in [3.05, 3.63) is 84.3 Å². The van der Waals surface area contributed by atoms with E-state index in [9.17, 15) is 0 Å². The van der Waals surface area contributed by atoms with Crippen molar-refractivity contribution in [3.63, 3.8) is 0 Å². The van der Waals surface area contributed by atoms with Crippen molar-refractivity contribution >= 4 is 46.9 Å². The number of hydrogen-bond acceptors (Lipinski definition) is 0. The van der Waals surface area contributed by atoms with Gasteiger partial charge in [0, 0.05) is 0 Å². The molecule has 0 saturated heterocycles. The summed E-state index contributed by atoms with van der Waals surface area (Å²) in [6, 6.07) is 0. The van der Waals surface area contributed by atoms with Crippen LogP contribution in [0.25, 0.3) is 0 Å². The van der Waals surface area contributed by atoms with E-state index in [4.69, 9.17) is 0 Å². The molecule has 0 N–H and O–H groups in total. The molecule has 0 aromatic heterocycles. The first-order valence-electron chi connectivity index (χ1n) is 12.6. The molecule has 0 unspecified atom stereocenters. The summed E-state index contributed by atoms with van der Waals surface area (Å²) in [5.41, 5.74) is 0. The molecule has 0 radical (unpaired) electrons. The van der Waals surface area contributed by atoms with Crippen molar-refractivity contribution in [1.29, 1.82) is 0 Å². The quantitative estimate of drug-likeness (QED) is 0.230. The average molecular weight is 719 g/mol. The van der Waals surface area contributed by atoms with Crippen molar-refractivity contribution in [2.75, 3.05) is 0 Å². The number of hydrogen-bond donors (Lipinski definition) is 0. The first kappa shape index (κ1) is 33.9. The van der Waals surface area contributed by atoms with E-state index in [-0.39, 0.29) is 24.8 Å². The zero-order chi connectivity index (χ0) is 24.2. The van der Waals surface area contributed by atoms with Crippen LogP contribution in [0.5, 0.6) is 0 Å². The molecule has 4 aliphatic carbocycles. The van der Waals surface area contributed by atoms with Crippen LogP contribution in [-0.2, 0) is 44.1 Å². The fraction of sp³-hybridized carbons (Fsp3) is 0.429. The Labute approximate surface area is 250 Å². The molecule has 0 aromatic carbocycles. The molecule has 35 heavy (non-hydrogen) atoms. The molecule has 0 heterocycles. The third-order valence-corrected chi connectivity index (χ3v) is 35.1. The summed E-state index contributed by atoms with van der Waals surface area (Å²) in [4.78, 5) is 0. The van der Waals surface area contributed by atoms with Crippen LogP contribution in [0.4, 0.5) is 0 Å². The largest absolute Gasteiger partial charge is 0.147 e.